The van der Waals surface area contributed by atoms with Gasteiger partial charge >= 0.3 is 0 Å². The number of aliphatic hydroxyl groups is 2. The standard InChI is InChI=1S/C21H40O3/c1-15(10-13-22)8-9-17-20(4)12-7-11-19(2,3)18(20)16(24-6)14-21(17,5)23/h15-18,22-23H,7-14H2,1-6H3. The summed E-state index contributed by atoms with van der Waals surface area (Å²) in [4.78, 5) is 0. The molecule has 0 aromatic carbocycles. The van der Waals surface area contributed by atoms with Gasteiger partial charge in [0.2, 0.25) is 0 Å². The molecule has 0 spiro atoms. The van der Waals surface area contributed by atoms with Crippen molar-refractivity contribution in [3.8, 4) is 0 Å². The maximum atomic E-state index is 11.3. The van der Waals surface area contributed by atoms with Gasteiger partial charge in [-0.3, -0.25) is 0 Å². The highest BCUT2D eigenvalue weighted by Gasteiger charge is 2.61. The largest absolute Gasteiger partial charge is 0.396 e. The molecule has 142 valence electrons. The fourth-order valence-electron chi connectivity index (χ4n) is 6.50. The third-order valence-corrected chi connectivity index (χ3v) is 7.49. The molecule has 6 unspecified atom stereocenters. The molecule has 3 nitrogen and oxygen atoms in total. The molecule has 0 radical (unpaired) electrons. The average Bonchev–Trinajstić information content (AvgIpc) is 2.44. The number of hydrogen-bond acceptors (Lipinski definition) is 3. The third-order valence-electron chi connectivity index (χ3n) is 7.49. The van der Waals surface area contributed by atoms with Crippen molar-refractivity contribution in [2.24, 2.45) is 28.6 Å². The Labute approximate surface area is 149 Å². The molecule has 2 saturated carbocycles. The lowest BCUT2D eigenvalue weighted by molar-refractivity contribution is -0.221. The van der Waals surface area contributed by atoms with Crippen molar-refractivity contribution in [2.45, 2.75) is 91.3 Å². The molecule has 2 aliphatic rings. The predicted molar refractivity (Wildman–Crippen MR) is 98.9 cm³/mol. The van der Waals surface area contributed by atoms with Crippen LogP contribution in [0.25, 0.3) is 0 Å². The molecule has 0 heterocycles. The summed E-state index contributed by atoms with van der Waals surface area (Å²) >= 11 is 0. The minimum Gasteiger partial charge on any atom is -0.396 e. The van der Waals surface area contributed by atoms with Gasteiger partial charge in [0.1, 0.15) is 0 Å². The van der Waals surface area contributed by atoms with Crippen LogP contribution in [0.15, 0.2) is 0 Å². The Bertz CT molecular complexity index is 417. The van der Waals surface area contributed by atoms with Gasteiger partial charge in [0, 0.05) is 20.1 Å². The average molecular weight is 341 g/mol. The van der Waals surface area contributed by atoms with E-state index in [4.69, 9.17) is 4.74 Å². The molecular formula is C21H40O3. The van der Waals surface area contributed by atoms with Gasteiger partial charge in [0.15, 0.2) is 0 Å². The molecule has 2 aliphatic carbocycles. The molecule has 3 heteroatoms. The van der Waals surface area contributed by atoms with Gasteiger partial charge in [-0.15, -0.1) is 0 Å². The Morgan fingerprint density at radius 2 is 1.79 bits per heavy atom. The van der Waals surface area contributed by atoms with Crippen LogP contribution in [0.3, 0.4) is 0 Å². The zero-order chi connectivity index (χ0) is 18.2. The van der Waals surface area contributed by atoms with E-state index in [1.165, 1.54) is 19.3 Å². The van der Waals surface area contributed by atoms with Crippen molar-refractivity contribution in [1.29, 1.82) is 0 Å². The van der Waals surface area contributed by atoms with Crippen LogP contribution in [0.5, 0.6) is 0 Å². The number of ether oxygens (including phenoxy) is 1. The van der Waals surface area contributed by atoms with Gasteiger partial charge in [-0.25, -0.2) is 0 Å². The molecule has 6 atom stereocenters. The van der Waals surface area contributed by atoms with Crippen molar-refractivity contribution < 1.29 is 14.9 Å². The lowest BCUT2D eigenvalue weighted by atomic mass is 9.44. The smallest absolute Gasteiger partial charge is 0.0677 e. The summed E-state index contributed by atoms with van der Waals surface area (Å²) in [6, 6.07) is 0. The molecule has 0 aromatic heterocycles. The fourth-order valence-corrected chi connectivity index (χ4v) is 6.50. The van der Waals surface area contributed by atoms with Gasteiger partial charge in [-0.05, 0) is 61.2 Å². The van der Waals surface area contributed by atoms with E-state index in [0.717, 1.165) is 25.7 Å². The van der Waals surface area contributed by atoms with Gasteiger partial charge < -0.3 is 14.9 Å². The second-order valence-corrected chi connectivity index (χ2v) is 9.91. The maximum absolute atomic E-state index is 11.3. The van der Waals surface area contributed by atoms with Gasteiger partial charge in [-0.1, -0.05) is 40.5 Å². The van der Waals surface area contributed by atoms with E-state index in [-0.39, 0.29) is 23.5 Å². The summed E-state index contributed by atoms with van der Waals surface area (Å²) in [6.07, 6.45) is 7.57. The maximum Gasteiger partial charge on any atom is 0.0677 e. The minimum absolute atomic E-state index is 0.128. The second-order valence-electron chi connectivity index (χ2n) is 9.91. The highest BCUT2D eigenvalue weighted by molar-refractivity contribution is 5.10. The highest BCUT2D eigenvalue weighted by atomic mass is 16.5. The Balaban J connectivity index is 2.30. The Morgan fingerprint density at radius 1 is 1.12 bits per heavy atom. The van der Waals surface area contributed by atoms with Crippen molar-refractivity contribution >= 4 is 0 Å². The topological polar surface area (TPSA) is 49.7 Å². The van der Waals surface area contributed by atoms with Crippen molar-refractivity contribution in [2.75, 3.05) is 13.7 Å². The first-order chi connectivity index (χ1) is 11.1. The summed E-state index contributed by atoms with van der Waals surface area (Å²) in [5.74, 6) is 1.33. The summed E-state index contributed by atoms with van der Waals surface area (Å²) in [5, 5.41) is 20.5. The Kier molecular flexibility index (Phi) is 6.10. The third kappa shape index (κ3) is 3.68. The first-order valence-corrected chi connectivity index (χ1v) is 9.94. The van der Waals surface area contributed by atoms with E-state index >= 15 is 0 Å². The van der Waals surface area contributed by atoms with E-state index in [1.807, 2.05) is 14.0 Å². The number of aliphatic hydroxyl groups excluding tert-OH is 1. The molecule has 24 heavy (non-hydrogen) atoms. The first kappa shape index (κ1) is 20.2. The lowest BCUT2D eigenvalue weighted by Crippen LogP contribution is -2.63. The van der Waals surface area contributed by atoms with Crippen LogP contribution in [-0.2, 0) is 4.74 Å². The van der Waals surface area contributed by atoms with Crippen LogP contribution >= 0.6 is 0 Å². The molecule has 0 bridgehead atoms. The predicted octanol–water partition coefficient (Wildman–Crippen LogP) is 4.40. The highest BCUT2D eigenvalue weighted by Crippen LogP contribution is 2.63. The first-order valence-electron chi connectivity index (χ1n) is 9.94. The van der Waals surface area contributed by atoms with Gasteiger partial charge in [0.05, 0.1) is 11.7 Å². The Hall–Kier alpha value is -0.120. The molecule has 2 N–H and O–H groups in total. The van der Waals surface area contributed by atoms with E-state index in [9.17, 15) is 10.2 Å². The molecule has 2 rings (SSSR count). The van der Waals surface area contributed by atoms with Gasteiger partial charge in [-0.2, -0.15) is 0 Å². The summed E-state index contributed by atoms with van der Waals surface area (Å²) in [7, 11) is 1.81. The molecule has 0 aliphatic heterocycles. The fraction of sp³-hybridized carbons (Fsp3) is 1.00. The molecule has 0 saturated heterocycles. The van der Waals surface area contributed by atoms with E-state index in [1.54, 1.807) is 0 Å². The van der Waals surface area contributed by atoms with Crippen molar-refractivity contribution in [3.05, 3.63) is 0 Å². The van der Waals surface area contributed by atoms with Crippen molar-refractivity contribution in [3.63, 3.8) is 0 Å². The van der Waals surface area contributed by atoms with E-state index in [2.05, 4.69) is 27.7 Å². The van der Waals surface area contributed by atoms with Crippen LogP contribution in [0.4, 0.5) is 0 Å². The normalized spacial score (nSPS) is 43.2. The van der Waals surface area contributed by atoms with Crippen LogP contribution < -0.4 is 0 Å². The molecule has 2 fully saturated rings. The number of methoxy groups -OCH3 is 1. The summed E-state index contributed by atoms with van der Waals surface area (Å²) in [6.45, 7) is 11.7. The molecular weight excluding hydrogens is 300 g/mol. The zero-order valence-corrected chi connectivity index (χ0v) is 16.8. The van der Waals surface area contributed by atoms with Crippen molar-refractivity contribution in [1.82, 2.24) is 0 Å². The summed E-state index contributed by atoms with van der Waals surface area (Å²) < 4.78 is 5.92. The minimum atomic E-state index is -0.668. The molecule has 0 amide bonds. The van der Waals surface area contributed by atoms with Crippen LogP contribution in [0.1, 0.15) is 79.6 Å². The van der Waals surface area contributed by atoms with Crippen LogP contribution in [0, 0.1) is 28.6 Å². The van der Waals surface area contributed by atoms with Gasteiger partial charge in [0.25, 0.3) is 0 Å². The van der Waals surface area contributed by atoms with E-state index < -0.39 is 5.60 Å². The summed E-state index contributed by atoms with van der Waals surface area (Å²) in [5.41, 5.74) is -0.277. The second kappa shape index (κ2) is 7.25. The quantitative estimate of drug-likeness (QED) is 0.753. The van der Waals surface area contributed by atoms with Crippen LogP contribution in [0.2, 0.25) is 0 Å². The zero-order valence-electron chi connectivity index (χ0n) is 16.8. The van der Waals surface area contributed by atoms with E-state index in [0.29, 0.717) is 17.8 Å². The molecule has 0 aromatic rings. The lowest BCUT2D eigenvalue weighted by Gasteiger charge is -2.63. The Morgan fingerprint density at radius 3 is 2.38 bits per heavy atom. The number of hydrogen-bond donors (Lipinski definition) is 2. The number of fused-ring (bicyclic) bond motifs is 1. The number of rotatable bonds is 6. The van der Waals surface area contributed by atoms with Crippen LogP contribution in [-0.4, -0.2) is 35.6 Å². The SMILES string of the molecule is COC1CC(C)(O)C(CCC(C)CCO)C2(C)CCCC(C)(C)C12. The monoisotopic (exact) mass is 340 g/mol.